The number of piperazine rings is 1. The first-order valence-electron chi connectivity index (χ1n) is 7.92. The number of carbonyl (C=O) groups is 1. The van der Waals surface area contributed by atoms with Crippen LogP contribution in [0.2, 0.25) is 0 Å². The Morgan fingerprint density at radius 2 is 2.05 bits per heavy atom. The highest BCUT2D eigenvalue weighted by Crippen LogP contribution is 2.21. The van der Waals surface area contributed by atoms with Gasteiger partial charge >= 0.3 is 0 Å². The highest BCUT2D eigenvalue weighted by atomic mass is 16.2. The summed E-state index contributed by atoms with van der Waals surface area (Å²) in [6, 6.07) is 0. The second-order valence-corrected chi connectivity index (χ2v) is 5.99. The number of allylic oxidation sites excluding steroid dienone is 1. The van der Waals surface area contributed by atoms with E-state index in [9.17, 15) is 4.79 Å². The van der Waals surface area contributed by atoms with E-state index in [1.807, 2.05) is 28.9 Å². The van der Waals surface area contributed by atoms with Crippen molar-refractivity contribution in [2.45, 2.75) is 32.1 Å². The SMILES string of the molecule is Cn1ccnc1N1CCN(C(=O)CC2=CCCCC2)CC1. The zero-order valence-electron chi connectivity index (χ0n) is 12.8. The molecule has 0 aromatic carbocycles. The van der Waals surface area contributed by atoms with Crippen LogP contribution in [0.4, 0.5) is 5.95 Å². The number of hydrogen-bond donors (Lipinski definition) is 0. The maximum absolute atomic E-state index is 12.4. The highest BCUT2D eigenvalue weighted by Gasteiger charge is 2.23. The monoisotopic (exact) mass is 288 g/mol. The molecular weight excluding hydrogens is 264 g/mol. The number of aromatic nitrogens is 2. The lowest BCUT2D eigenvalue weighted by atomic mass is 9.97. The van der Waals surface area contributed by atoms with Crippen molar-refractivity contribution < 1.29 is 4.79 Å². The maximum Gasteiger partial charge on any atom is 0.226 e. The Morgan fingerprint density at radius 3 is 2.67 bits per heavy atom. The summed E-state index contributed by atoms with van der Waals surface area (Å²) >= 11 is 0. The third kappa shape index (κ3) is 3.28. The quantitative estimate of drug-likeness (QED) is 0.798. The van der Waals surface area contributed by atoms with Crippen LogP contribution in [0, 0.1) is 0 Å². The molecule has 1 amide bonds. The van der Waals surface area contributed by atoms with Crippen LogP contribution in [0.25, 0.3) is 0 Å². The standard InChI is InChI=1S/C16H24N4O/c1-18-8-7-17-16(18)20-11-9-19(10-12-20)15(21)13-14-5-3-2-4-6-14/h5,7-8H,2-4,6,9-13H2,1H3. The summed E-state index contributed by atoms with van der Waals surface area (Å²) in [5.74, 6) is 1.29. The van der Waals surface area contributed by atoms with Crippen LogP contribution >= 0.6 is 0 Å². The first kappa shape index (κ1) is 14.2. The zero-order chi connectivity index (χ0) is 14.7. The van der Waals surface area contributed by atoms with Gasteiger partial charge in [-0.3, -0.25) is 4.79 Å². The first-order chi connectivity index (χ1) is 10.2. The van der Waals surface area contributed by atoms with Crippen LogP contribution in [0.15, 0.2) is 24.0 Å². The lowest BCUT2D eigenvalue weighted by Crippen LogP contribution is -2.49. The van der Waals surface area contributed by atoms with Crippen molar-refractivity contribution in [2.24, 2.45) is 7.05 Å². The van der Waals surface area contributed by atoms with E-state index in [2.05, 4.69) is 16.0 Å². The Labute approximate surface area is 126 Å². The van der Waals surface area contributed by atoms with E-state index in [0.717, 1.165) is 45.0 Å². The van der Waals surface area contributed by atoms with E-state index in [1.54, 1.807) is 0 Å². The lowest BCUT2D eigenvalue weighted by Gasteiger charge is -2.35. The molecule has 1 aliphatic heterocycles. The average molecular weight is 288 g/mol. The van der Waals surface area contributed by atoms with Crippen molar-refractivity contribution in [1.82, 2.24) is 14.5 Å². The van der Waals surface area contributed by atoms with E-state index in [4.69, 9.17) is 0 Å². The van der Waals surface area contributed by atoms with Crippen LogP contribution in [-0.2, 0) is 11.8 Å². The van der Waals surface area contributed by atoms with E-state index in [1.165, 1.54) is 18.4 Å². The molecule has 1 aromatic heterocycles. The van der Waals surface area contributed by atoms with Gasteiger partial charge in [0.15, 0.2) is 0 Å². The number of imidazole rings is 1. The molecule has 1 aromatic rings. The second kappa shape index (κ2) is 6.33. The third-order valence-corrected chi connectivity index (χ3v) is 4.47. The topological polar surface area (TPSA) is 41.4 Å². The van der Waals surface area contributed by atoms with Crippen LogP contribution in [0.1, 0.15) is 32.1 Å². The number of hydrogen-bond acceptors (Lipinski definition) is 3. The summed E-state index contributed by atoms with van der Waals surface area (Å²) in [6.07, 6.45) is 11.5. The number of nitrogens with zero attached hydrogens (tertiary/aromatic N) is 4. The summed E-state index contributed by atoms with van der Waals surface area (Å²) in [5, 5.41) is 0. The summed E-state index contributed by atoms with van der Waals surface area (Å²) in [4.78, 5) is 21.0. The Morgan fingerprint density at radius 1 is 1.24 bits per heavy atom. The molecule has 3 rings (SSSR count). The molecule has 0 spiro atoms. The van der Waals surface area contributed by atoms with Gasteiger partial charge < -0.3 is 14.4 Å². The van der Waals surface area contributed by atoms with Crippen LogP contribution in [0.3, 0.4) is 0 Å². The second-order valence-electron chi connectivity index (χ2n) is 5.99. The van der Waals surface area contributed by atoms with Gasteiger partial charge in [0.2, 0.25) is 11.9 Å². The van der Waals surface area contributed by atoms with Crippen molar-refractivity contribution in [3.63, 3.8) is 0 Å². The van der Waals surface area contributed by atoms with Gasteiger partial charge in [-0.25, -0.2) is 4.98 Å². The van der Waals surface area contributed by atoms with Crippen molar-refractivity contribution in [3.05, 3.63) is 24.0 Å². The largest absolute Gasteiger partial charge is 0.339 e. The molecule has 0 bridgehead atoms. The Kier molecular flexibility index (Phi) is 4.27. The maximum atomic E-state index is 12.4. The molecule has 0 N–H and O–H groups in total. The molecule has 1 saturated heterocycles. The van der Waals surface area contributed by atoms with E-state index >= 15 is 0 Å². The first-order valence-corrected chi connectivity index (χ1v) is 7.92. The summed E-state index contributed by atoms with van der Waals surface area (Å²) in [7, 11) is 2.01. The van der Waals surface area contributed by atoms with E-state index in [0.29, 0.717) is 12.3 Å². The summed E-state index contributed by atoms with van der Waals surface area (Å²) in [6.45, 7) is 3.35. The van der Waals surface area contributed by atoms with Gasteiger partial charge in [-0.2, -0.15) is 0 Å². The fourth-order valence-electron chi connectivity index (χ4n) is 3.19. The third-order valence-electron chi connectivity index (χ3n) is 4.47. The molecule has 5 nitrogen and oxygen atoms in total. The molecular formula is C16H24N4O. The number of amides is 1. The van der Waals surface area contributed by atoms with Gasteiger partial charge in [0.05, 0.1) is 0 Å². The smallest absolute Gasteiger partial charge is 0.226 e. The van der Waals surface area contributed by atoms with Gasteiger partial charge in [-0.1, -0.05) is 11.6 Å². The van der Waals surface area contributed by atoms with Crippen LogP contribution in [0.5, 0.6) is 0 Å². The van der Waals surface area contributed by atoms with Gasteiger partial charge in [0.25, 0.3) is 0 Å². The number of aryl methyl sites for hydroxylation is 1. The van der Waals surface area contributed by atoms with Crippen molar-refractivity contribution >= 4 is 11.9 Å². The summed E-state index contributed by atoms with van der Waals surface area (Å²) < 4.78 is 2.03. The number of anilines is 1. The fourth-order valence-corrected chi connectivity index (χ4v) is 3.19. The van der Waals surface area contributed by atoms with Crippen LogP contribution < -0.4 is 4.90 Å². The molecule has 0 atom stereocenters. The van der Waals surface area contributed by atoms with Gasteiger partial charge in [-0.15, -0.1) is 0 Å². The molecule has 5 heteroatoms. The normalized spacial score (nSPS) is 19.6. The molecule has 21 heavy (non-hydrogen) atoms. The predicted octanol–water partition coefficient (Wildman–Crippen LogP) is 1.96. The Bertz CT molecular complexity index is 526. The number of rotatable bonds is 3. The van der Waals surface area contributed by atoms with Crippen LogP contribution in [-0.4, -0.2) is 46.5 Å². The average Bonchev–Trinajstić information content (AvgIpc) is 2.94. The molecule has 2 aliphatic rings. The zero-order valence-corrected chi connectivity index (χ0v) is 12.8. The van der Waals surface area contributed by atoms with Crippen molar-refractivity contribution in [2.75, 3.05) is 31.1 Å². The van der Waals surface area contributed by atoms with E-state index in [-0.39, 0.29) is 0 Å². The minimum absolute atomic E-state index is 0.294. The highest BCUT2D eigenvalue weighted by molar-refractivity contribution is 5.79. The molecule has 1 fully saturated rings. The number of carbonyl (C=O) groups excluding carboxylic acids is 1. The Balaban J connectivity index is 1.52. The van der Waals surface area contributed by atoms with Crippen molar-refractivity contribution in [3.8, 4) is 0 Å². The van der Waals surface area contributed by atoms with Gasteiger partial charge in [0.1, 0.15) is 0 Å². The minimum atomic E-state index is 0.294. The molecule has 0 saturated carbocycles. The minimum Gasteiger partial charge on any atom is -0.339 e. The predicted molar refractivity (Wildman–Crippen MR) is 83.2 cm³/mol. The molecule has 1 aliphatic carbocycles. The van der Waals surface area contributed by atoms with E-state index < -0.39 is 0 Å². The molecule has 2 heterocycles. The molecule has 0 unspecified atom stereocenters. The van der Waals surface area contributed by atoms with Gasteiger partial charge in [-0.05, 0) is 25.7 Å². The van der Waals surface area contributed by atoms with Crippen molar-refractivity contribution in [1.29, 1.82) is 0 Å². The fraction of sp³-hybridized carbons (Fsp3) is 0.625. The lowest BCUT2D eigenvalue weighted by molar-refractivity contribution is -0.130. The molecule has 0 radical (unpaired) electrons. The molecule has 114 valence electrons. The summed E-state index contributed by atoms with van der Waals surface area (Å²) in [5.41, 5.74) is 1.35. The van der Waals surface area contributed by atoms with Gasteiger partial charge in [0, 0.05) is 52.0 Å². The Hall–Kier alpha value is -1.78.